The molecule has 0 bridgehead atoms. The van der Waals surface area contributed by atoms with E-state index in [4.69, 9.17) is 0 Å². The summed E-state index contributed by atoms with van der Waals surface area (Å²) in [5.74, 6) is 0.0450. The van der Waals surface area contributed by atoms with Crippen molar-refractivity contribution in [3.8, 4) is 0 Å². The minimum absolute atomic E-state index is 0.0450. The van der Waals surface area contributed by atoms with Gasteiger partial charge in [-0.15, -0.1) is 11.3 Å². The van der Waals surface area contributed by atoms with E-state index < -0.39 is 0 Å². The lowest BCUT2D eigenvalue weighted by atomic mass is 10.0. The van der Waals surface area contributed by atoms with Crippen LogP contribution in [0, 0.1) is 6.92 Å². The van der Waals surface area contributed by atoms with Crippen LogP contribution in [-0.2, 0) is 0 Å². The van der Waals surface area contributed by atoms with E-state index in [0.717, 1.165) is 21.3 Å². The predicted octanol–water partition coefficient (Wildman–Crippen LogP) is 3.84. The number of fused-ring (bicyclic) bond motifs is 1. The monoisotopic (exact) mass is 253 g/mol. The number of carbonyl (C=O) groups is 1. The molecule has 88 valence electrons. The third kappa shape index (κ3) is 1.83. The maximum absolute atomic E-state index is 12.4. The number of aryl methyl sites for hydroxylation is 1. The van der Waals surface area contributed by atoms with Crippen molar-refractivity contribution >= 4 is 28.0 Å². The van der Waals surface area contributed by atoms with Crippen molar-refractivity contribution in [3.05, 3.63) is 64.0 Å². The van der Waals surface area contributed by atoms with Gasteiger partial charge in [-0.3, -0.25) is 9.78 Å². The molecule has 2 nitrogen and oxygen atoms in total. The van der Waals surface area contributed by atoms with E-state index in [2.05, 4.69) is 4.98 Å². The highest BCUT2D eigenvalue weighted by molar-refractivity contribution is 7.10. The number of hydrogen-bond donors (Lipinski definition) is 0. The smallest absolute Gasteiger partial charge is 0.196 e. The fourth-order valence-electron chi connectivity index (χ4n) is 2.01. The fourth-order valence-corrected chi connectivity index (χ4v) is 2.69. The molecule has 0 unspecified atom stereocenters. The Bertz CT molecular complexity index is 725. The number of ketones is 1. The summed E-state index contributed by atoms with van der Waals surface area (Å²) in [6.45, 7) is 2.00. The Labute approximate surface area is 109 Å². The van der Waals surface area contributed by atoms with Crippen molar-refractivity contribution in [2.24, 2.45) is 0 Å². The van der Waals surface area contributed by atoms with E-state index >= 15 is 0 Å². The van der Waals surface area contributed by atoms with Gasteiger partial charge in [-0.1, -0.05) is 18.2 Å². The number of rotatable bonds is 2. The Hall–Kier alpha value is -2.00. The van der Waals surface area contributed by atoms with Crippen molar-refractivity contribution < 1.29 is 4.79 Å². The third-order valence-corrected chi connectivity index (χ3v) is 3.73. The number of aromatic nitrogens is 1. The molecule has 3 aromatic rings. The number of para-hydroxylation sites is 1. The van der Waals surface area contributed by atoms with Crippen LogP contribution in [0.1, 0.15) is 20.8 Å². The minimum atomic E-state index is 0.0450. The summed E-state index contributed by atoms with van der Waals surface area (Å²) in [4.78, 5) is 17.9. The lowest BCUT2D eigenvalue weighted by molar-refractivity contribution is 0.104. The van der Waals surface area contributed by atoms with Crippen molar-refractivity contribution in [1.29, 1.82) is 0 Å². The van der Waals surface area contributed by atoms with Crippen LogP contribution in [-0.4, -0.2) is 10.8 Å². The molecule has 0 spiro atoms. The normalized spacial score (nSPS) is 10.7. The molecule has 0 aliphatic rings. The van der Waals surface area contributed by atoms with Gasteiger partial charge in [0.2, 0.25) is 0 Å². The first-order chi connectivity index (χ1) is 8.75. The number of thiophene rings is 1. The van der Waals surface area contributed by atoms with Crippen molar-refractivity contribution in [3.63, 3.8) is 0 Å². The summed E-state index contributed by atoms with van der Waals surface area (Å²) in [7, 11) is 0. The summed E-state index contributed by atoms with van der Waals surface area (Å²) in [5, 5.41) is 2.90. The SMILES string of the molecule is Cc1cc(C(=O)c2cccc3cccnc23)cs1. The van der Waals surface area contributed by atoms with E-state index in [-0.39, 0.29) is 5.78 Å². The average molecular weight is 253 g/mol. The Kier molecular flexibility index (Phi) is 2.68. The second kappa shape index (κ2) is 4.35. The highest BCUT2D eigenvalue weighted by Gasteiger charge is 2.14. The Morgan fingerprint density at radius 1 is 1.22 bits per heavy atom. The third-order valence-electron chi connectivity index (χ3n) is 2.87. The molecule has 18 heavy (non-hydrogen) atoms. The van der Waals surface area contributed by atoms with Crippen LogP contribution >= 0.6 is 11.3 Å². The van der Waals surface area contributed by atoms with Gasteiger partial charge in [0.15, 0.2) is 5.78 Å². The van der Waals surface area contributed by atoms with E-state index in [9.17, 15) is 4.79 Å². The first-order valence-corrected chi connectivity index (χ1v) is 6.57. The molecular formula is C15H11NOS. The minimum Gasteiger partial charge on any atom is -0.288 e. The molecule has 3 rings (SSSR count). The van der Waals surface area contributed by atoms with Gasteiger partial charge < -0.3 is 0 Å². The fraction of sp³-hybridized carbons (Fsp3) is 0.0667. The molecule has 0 saturated heterocycles. The molecule has 1 aromatic carbocycles. The molecule has 3 heteroatoms. The first-order valence-electron chi connectivity index (χ1n) is 5.69. The van der Waals surface area contributed by atoms with Crippen LogP contribution in [0.15, 0.2) is 48.0 Å². The zero-order chi connectivity index (χ0) is 12.5. The first kappa shape index (κ1) is 11.1. The van der Waals surface area contributed by atoms with Gasteiger partial charge in [-0.25, -0.2) is 0 Å². The molecule has 2 heterocycles. The highest BCUT2D eigenvalue weighted by atomic mass is 32.1. The van der Waals surface area contributed by atoms with Gasteiger partial charge in [0.05, 0.1) is 5.52 Å². The molecule has 2 aromatic heterocycles. The number of nitrogens with zero attached hydrogens (tertiary/aromatic N) is 1. The zero-order valence-corrected chi connectivity index (χ0v) is 10.7. The Morgan fingerprint density at radius 3 is 2.83 bits per heavy atom. The number of carbonyl (C=O) groups excluding carboxylic acids is 1. The lowest BCUT2D eigenvalue weighted by Crippen LogP contribution is -2.01. The van der Waals surface area contributed by atoms with Gasteiger partial charge in [0.25, 0.3) is 0 Å². The van der Waals surface area contributed by atoms with Crippen LogP contribution in [0.25, 0.3) is 10.9 Å². The molecule has 0 saturated carbocycles. The topological polar surface area (TPSA) is 30.0 Å². The zero-order valence-electron chi connectivity index (χ0n) is 9.88. The number of benzene rings is 1. The largest absolute Gasteiger partial charge is 0.288 e. The highest BCUT2D eigenvalue weighted by Crippen LogP contribution is 2.22. The summed E-state index contributed by atoms with van der Waals surface area (Å²) in [6, 6.07) is 11.5. The molecule has 0 atom stereocenters. The van der Waals surface area contributed by atoms with E-state index in [1.165, 1.54) is 0 Å². The summed E-state index contributed by atoms with van der Waals surface area (Å²) in [5.41, 5.74) is 2.19. The molecule has 0 radical (unpaired) electrons. The standard InChI is InChI=1S/C15H11NOS/c1-10-8-12(9-18-10)15(17)13-6-2-4-11-5-3-7-16-14(11)13/h2-9H,1H3. The van der Waals surface area contributed by atoms with Crippen LogP contribution < -0.4 is 0 Å². The van der Waals surface area contributed by atoms with Gasteiger partial charge in [-0.2, -0.15) is 0 Å². The molecule has 0 N–H and O–H groups in total. The second-order valence-electron chi connectivity index (χ2n) is 4.16. The summed E-state index contributed by atoms with van der Waals surface area (Å²) in [6.07, 6.45) is 1.72. The molecule has 0 amide bonds. The quantitative estimate of drug-likeness (QED) is 0.649. The Morgan fingerprint density at radius 2 is 2.06 bits per heavy atom. The van der Waals surface area contributed by atoms with Crippen LogP contribution in [0.3, 0.4) is 0 Å². The van der Waals surface area contributed by atoms with Crippen molar-refractivity contribution in [1.82, 2.24) is 4.98 Å². The summed E-state index contributed by atoms with van der Waals surface area (Å²) < 4.78 is 0. The van der Waals surface area contributed by atoms with Gasteiger partial charge in [-0.05, 0) is 25.1 Å². The van der Waals surface area contributed by atoms with E-state index in [1.807, 2.05) is 48.7 Å². The maximum Gasteiger partial charge on any atom is 0.196 e. The van der Waals surface area contributed by atoms with E-state index in [0.29, 0.717) is 5.56 Å². The van der Waals surface area contributed by atoms with Gasteiger partial charge in [0, 0.05) is 33.0 Å². The molecular weight excluding hydrogens is 242 g/mol. The second-order valence-corrected chi connectivity index (χ2v) is 5.27. The number of hydrogen-bond acceptors (Lipinski definition) is 3. The molecule has 0 aliphatic carbocycles. The van der Waals surface area contributed by atoms with E-state index in [1.54, 1.807) is 17.5 Å². The van der Waals surface area contributed by atoms with Crippen LogP contribution in [0.2, 0.25) is 0 Å². The molecule has 0 fully saturated rings. The van der Waals surface area contributed by atoms with Crippen molar-refractivity contribution in [2.45, 2.75) is 6.92 Å². The summed E-state index contributed by atoms with van der Waals surface area (Å²) >= 11 is 1.59. The van der Waals surface area contributed by atoms with Crippen LogP contribution in [0.5, 0.6) is 0 Å². The maximum atomic E-state index is 12.4. The number of pyridine rings is 1. The molecule has 0 aliphatic heterocycles. The Balaban J connectivity index is 2.17. The predicted molar refractivity (Wildman–Crippen MR) is 74.2 cm³/mol. The van der Waals surface area contributed by atoms with Crippen molar-refractivity contribution in [2.75, 3.05) is 0 Å². The van der Waals surface area contributed by atoms with Gasteiger partial charge >= 0.3 is 0 Å². The van der Waals surface area contributed by atoms with Gasteiger partial charge in [0.1, 0.15) is 0 Å². The average Bonchev–Trinajstić information content (AvgIpc) is 2.84. The lowest BCUT2D eigenvalue weighted by Gasteiger charge is -2.03. The van der Waals surface area contributed by atoms with Crippen LogP contribution in [0.4, 0.5) is 0 Å².